The molecule has 0 bridgehead atoms. The lowest BCUT2D eigenvalue weighted by molar-refractivity contribution is -0.384. The number of non-ortho nitro benzene ring substituents is 1. The summed E-state index contributed by atoms with van der Waals surface area (Å²) < 4.78 is 5.24. The Balaban J connectivity index is 2.46. The molecule has 0 aliphatic rings. The van der Waals surface area contributed by atoms with Crippen LogP contribution in [0, 0.1) is 10.1 Å². The summed E-state index contributed by atoms with van der Waals surface area (Å²) >= 11 is 0. The van der Waals surface area contributed by atoms with Crippen molar-refractivity contribution in [1.82, 2.24) is 0 Å². The minimum Gasteiger partial charge on any atom is -0.497 e. The second kappa shape index (κ2) is 6.18. The molecule has 0 atom stereocenters. The van der Waals surface area contributed by atoms with Crippen LogP contribution in [0.2, 0.25) is 0 Å². The molecule has 0 spiro atoms. The van der Waals surface area contributed by atoms with Gasteiger partial charge in [0.25, 0.3) is 5.69 Å². The summed E-state index contributed by atoms with van der Waals surface area (Å²) in [7, 11) is 1.63. The second-order valence-corrected chi connectivity index (χ2v) is 6.38. The molecular weight excluding hydrogens is 278 g/mol. The predicted octanol–water partition coefficient (Wildman–Crippen LogP) is 4.49. The van der Waals surface area contributed by atoms with Crippen molar-refractivity contribution in [1.29, 1.82) is 0 Å². The van der Waals surface area contributed by atoms with E-state index in [9.17, 15) is 10.1 Å². The Bertz CT molecular complexity index is 687. The van der Waals surface area contributed by atoms with Crippen LogP contribution in [0.4, 0.5) is 5.69 Å². The number of nitrogens with zero attached hydrogens (tertiary/aromatic N) is 1. The number of ether oxygens (including phenoxy) is 1. The van der Waals surface area contributed by atoms with Gasteiger partial charge in [0.2, 0.25) is 0 Å². The van der Waals surface area contributed by atoms with Crippen molar-refractivity contribution in [2.75, 3.05) is 7.11 Å². The van der Waals surface area contributed by atoms with Crippen LogP contribution < -0.4 is 4.74 Å². The molecule has 0 aliphatic carbocycles. The predicted molar refractivity (Wildman–Crippen MR) is 87.6 cm³/mol. The molecule has 2 aromatic carbocycles. The van der Waals surface area contributed by atoms with Gasteiger partial charge in [-0.25, -0.2) is 0 Å². The molecular formula is C18H21NO3. The molecule has 4 heteroatoms. The lowest BCUT2D eigenvalue weighted by atomic mass is 9.82. The summed E-state index contributed by atoms with van der Waals surface area (Å²) in [6.07, 6.45) is 0.644. The van der Waals surface area contributed by atoms with Crippen LogP contribution in [0.3, 0.4) is 0 Å². The van der Waals surface area contributed by atoms with E-state index in [1.807, 2.05) is 30.3 Å². The molecule has 0 saturated carbocycles. The lowest BCUT2D eigenvalue weighted by Gasteiger charge is -2.23. The Hall–Kier alpha value is -2.36. The maximum absolute atomic E-state index is 11.1. The third-order valence-electron chi connectivity index (χ3n) is 3.64. The largest absolute Gasteiger partial charge is 0.497 e. The van der Waals surface area contributed by atoms with Gasteiger partial charge >= 0.3 is 0 Å². The highest BCUT2D eigenvalue weighted by Gasteiger charge is 2.20. The van der Waals surface area contributed by atoms with Crippen LogP contribution in [0.15, 0.2) is 42.5 Å². The first-order valence-electron chi connectivity index (χ1n) is 7.22. The highest BCUT2D eigenvalue weighted by Crippen LogP contribution is 2.30. The maximum Gasteiger partial charge on any atom is 0.269 e. The molecule has 0 aromatic heterocycles. The smallest absolute Gasteiger partial charge is 0.269 e. The molecule has 2 rings (SSSR count). The van der Waals surface area contributed by atoms with Crippen LogP contribution >= 0.6 is 0 Å². The van der Waals surface area contributed by atoms with Gasteiger partial charge in [-0.1, -0.05) is 39.0 Å². The molecule has 0 radical (unpaired) electrons. The molecule has 0 heterocycles. The minimum atomic E-state index is -0.346. The molecule has 116 valence electrons. The van der Waals surface area contributed by atoms with Crippen LogP contribution in [-0.4, -0.2) is 12.0 Å². The third-order valence-corrected chi connectivity index (χ3v) is 3.64. The highest BCUT2D eigenvalue weighted by atomic mass is 16.6. The average molecular weight is 299 g/mol. The van der Waals surface area contributed by atoms with E-state index in [0.29, 0.717) is 6.42 Å². The first-order valence-corrected chi connectivity index (χ1v) is 7.22. The average Bonchev–Trinajstić information content (AvgIpc) is 2.46. The van der Waals surface area contributed by atoms with Gasteiger partial charge in [-0.05, 0) is 40.7 Å². The van der Waals surface area contributed by atoms with Gasteiger partial charge < -0.3 is 4.74 Å². The number of nitro benzene ring substituents is 1. The summed E-state index contributed by atoms with van der Waals surface area (Å²) in [6.45, 7) is 6.34. The third kappa shape index (κ3) is 3.64. The fraction of sp³-hybridized carbons (Fsp3) is 0.333. The van der Waals surface area contributed by atoms with Gasteiger partial charge in [-0.15, -0.1) is 0 Å². The number of hydrogen-bond acceptors (Lipinski definition) is 3. The SMILES string of the molecule is COc1cccc(Cc2cc([N+](=O)[O-])ccc2C(C)(C)C)c1. The van der Waals surface area contributed by atoms with Crippen LogP contribution in [-0.2, 0) is 11.8 Å². The monoisotopic (exact) mass is 299 g/mol. The summed E-state index contributed by atoms with van der Waals surface area (Å²) in [4.78, 5) is 10.7. The number of benzene rings is 2. The van der Waals surface area contributed by atoms with Crippen molar-refractivity contribution in [2.45, 2.75) is 32.6 Å². The zero-order valence-electron chi connectivity index (χ0n) is 13.4. The fourth-order valence-corrected chi connectivity index (χ4v) is 2.57. The molecule has 0 N–H and O–H groups in total. The van der Waals surface area contributed by atoms with Gasteiger partial charge in [0.15, 0.2) is 0 Å². The molecule has 0 amide bonds. The highest BCUT2D eigenvalue weighted by molar-refractivity contribution is 5.45. The Morgan fingerprint density at radius 1 is 1.14 bits per heavy atom. The van der Waals surface area contributed by atoms with Crippen molar-refractivity contribution in [3.63, 3.8) is 0 Å². The van der Waals surface area contributed by atoms with E-state index in [1.54, 1.807) is 19.2 Å². The van der Waals surface area contributed by atoms with E-state index in [4.69, 9.17) is 4.74 Å². The van der Waals surface area contributed by atoms with Crippen molar-refractivity contribution in [3.05, 3.63) is 69.3 Å². The van der Waals surface area contributed by atoms with E-state index in [-0.39, 0.29) is 16.0 Å². The van der Waals surface area contributed by atoms with E-state index >= 15 is 0 Å². The lowest BCUT2D eigenvalue weighted by Crippen LogP contribution is -2.14. The zero-order chi connectivity index (χ0) is 16.3. The first-order chi connectivity index (χ1) is 10.3. The Kier molecular flexibility index (Phi) is 4.50. The van der Waals surface area contributed by atoms with Gasteiger partial charge in [-0.3, -0.25) is 10.1 Å². The Labute approximate surface area is 130 Å². The van der Waals surface area contributed by atoms with Gasteiger partial charge in [0, 0.05) is 12.1 Å². The van der Waals surface area contributed by atoms with Crippen molar-refractivity contribution < 1.29 is 9.66 Å². The molecule has 4 nitrogen and oxygen atoms in total. The van der Waals surface area contributed by atoms with Crippen molar-refractivity contribution in [3.8, 4) is 5.75 Å². The fourth-order valence-electron chi connectivity index (χ4n) is 2.57. The van der Waals surface area contributed by atoms with E-state index in [2.05, 4.69) is 20.8 Å². The Morgan fingerprint density at radius 3 is 2.45 bits per heavy atom. The number of methoxy groups -OCH3 is 1. The van der Waals surface area contributed by atoms with E-state index in [1.165, 1.54) is 0 Å². The normalized spacial score (nSPS) is 11.3. The second-order valence-electron chi connectivity index (χ2n) is 6.38. The summed E-state index contributed by atoms with van der Waals surface area (Å²) in [5.74, 6) is 0.792. The molecule has 22 heavy (non-hydrogen) atoms. The van der Waals surface area contributed by atoms with Gasteiger partial charge in [0.1, 0.15) is 5.75 Å². The van der Waals surface area contributed by atoms with Crippen LogP contribution in [0.1, 0.15) is 37.5 Å². The topological polar surface area (TPSA) is 52.4 Å². The van der Waals surface area contributed by atoms with Gasteiger partial charge in [-0.2, -0.15) is 0 Å². The van der Waals surface area contributed by atoms with Crippen molar-refractivity contribution >= 4 is 5.69 Å². The standard InChI is InChI=1S/C18H21NO3/c1-18(2,3)17-9-8-15(19(20)21)12-14(17)10-13-6-5-7-16(11-13)22-4/h5-9,11-12H,10H2,1-4H3. The molecule has 2 aromatic rings. The first kappa shape index (κ1) is 16.0. The molecule has 0 unspecified atom stereocenters. The molecule has 0 aliphatic heterocycles. The van der Waals surface area contributed by atoms with E-state index in [0.717, 1.165) is 22.4 Å². The minimum absolute atomic E-state index is 0.0661. The number of hydrogen-bond donors (Lipinski definition) is 0. The summed E-state index contributed by atoms with van der Waals surface area (Å²) in [5, 5.41) is 11.1. The van der Waals surface area contributed by atoms with Crippen LogP contribution in [0.5, 0.6) is 5.75 Å². The maximum atomic E-state index is 11.1. The van der Waals surface area contributed by atoms with Gasteiger partial charge in [0.05, 0.1) is 12.0 Å². The van der Waals surface area contributed by atoms with Crippen LogP contribution in [0.25, 0.3) is 0 Å². The summed E-state index contributed by atoms with van der Waals surface area (Å²) in [6, 6.07) is 12.9. The summed E-state index contributed by atoms with van der Waals surface area (Å²) in [5.41, 5.74) is 3.25. The van der Waals surface area contributed by atoms with E-state index < -0.39 is 0 Å². The number of nitro groups is 1. The number of rotatable bonds is 4. The zero-order valence-corrected chi connectivity index (χ0v) is 13.4. The Morgan fingerprint density at radius 2 is 1.86 bits per heavy atom. The quantitative estimate of drug-likeness (QED) is 0.617. The molecule has 0 saturated heterocycles. The molecule has 0 fully saturated rings. The van der Waals surface area contributed by atoms with Crippen molar-refractivity contribution in [2.24, 2.45) is 0 Å².